The standard InChI is InChI=1S/C2H8N2O2S/c1-4(3)7(2,5)6/h3H2,1-2H3. The van der Waals surface area contributed by atoms with Crippen LogP contribution in [0.5, 0.6) is 0 Å². The van der Waals surface area contributed by atoms with Crippen molar-refractivity contribution in [3.8, 4) is 0 Å². The van der Waals surface area contributed by atoms with Gasteiger partial charge in [-0.1, -0.05) is 0 Å². The van der Waals surface area contributed by atoms with Gasteiger partial charge >= 0.3 is 0 Å². The number of hydrogen-bond donors (Lipinski definition) is 1. The van der Waals surface area contributed by atoms with Crippen LogP contribution in [0.1, 0.15) is 0 Å². The fraction of sp³-hybridized carbons (Fsp3) is 1.00. The van der Waals surface area contributed by atoms with E-state index in [1.165, 1.54) is 7.05 Å². The molecule has 0 saturated heterocycles. The Morgan fingerprint density at radius 1 is 1.57 bits per heavy atom. The van der Waals surface area contributed by atoms with Gasteiger partial charge in [-0.15, -0.1) is 4.41 Å². The van der Waals surface area contributed by atoms with Crippen molar-refractivity contribution in [2.24, 2.45) is 5.84 Å². The summed E-state index contributed by atoms with van der Waals surface area (Å²) in [5.74, 6) is 4.81. The first-order chi connectivity index (χ1) is 2.94. The predicted octanol–water partition coefficient (Wildman–Crippen LogP) is -1.25. The molecule has 0 aromatic rings. The van der Waals surface area contributed by atoms with Crippen molar-refractivity contribution in [1.29, 1.82) is 0 Å². The second kappa shape index (κ2) is 1.77. The molecule has 0 aliphatic carbocycles. The molecule has 0 aromatic heterocycles. The summed E-state index contributed by atoms with van der Waals surface area (Å²) < 4.78 is 20.9. The van der Waals surface area contributed by atoms with Crippen LogP contribution >= 0.6 is 0 Å². The first kappa shape index (κ1) is 6.87. The summed E-state index contributed by atoms with van der Waals surface area (Å²) in [5, 5.41) is 0. The van der Waals surface area contributed by atoms with Crippen LogP contribution in [0.2, 0.25) is 0 Å². The lowest BCUT2D eigenvalue weighted by molar-refractivity contribution is 0.492. The van der Waals surface area contributed by atoms with Crippen LogP contribution in [0.4, 0.5) is 0 Å². The van der Waals surface area contributed by atoms with Gasteiger partial charge in [0, 0.05) is 7.05 Å². The Balaban J connectivity index is 4.10. The van der Waals surface area contributed by atoms with Gasteiger partial charge in [0.25, 0.3) is 0 Å². The van der Waals surface area contributed by atoms with Crippen LogP contribution < -0.4 is 5.84 Å². The summed E-state index contributed by atoms with van der Waals surface area (Å²) in [6, 6.07) is 0. The van der Waals surface area contributed by atoms with E-state index in [2.05, 4.69) is 0 Å². The number of rotatable bonds is 1. The molecule has 0 aliphatic rings. The largest absolute Gasteiger partial charge is 0.255 e. The van der Waals surface area contributed by atoms with Crippen molar-refractivity contribution in [3.63, 3.8) is 0 Å². The van der Waals surface area contributed by atoms with Crippen LogP contribution in [0, 0.1) is 0 Å². The molecule has 0 rings (SSSR count). The van der Waals surface area contributed by atoms with E-state index < -0.39 is 10.0 Å². The number of hydrazine groups is 1. The monoisotopic (exact) mass is 124 g/mol. The minimum absolute atomic E-state index is 0.660. The first-order valence-corrected chi connectivity index (χ1v) is 3.48. The van der Waals surface area contributed by atoms with E-state index in [4.69, 9.17) is 5.84 Å². The molecule has 7 heavy (non-hydrogen) atoms. The highest BCUT2D eigenvalue weighted by molar-refractivity contribution is 7.88. The number of sulfonamides is 1. The quantitative estimate of drug-likeness (QED) is 0.351. The Bertz CT molecular complexity index is 136. The van der Waals surface area contributed by atoms with Crippen molar-refractivity contribution in [2.45, 2.75) is 0 Å². The van der Waals surface area contributed by atoms with E-state index in [0.29, 0.717) is 4.41 Å². The second-order valence-electron chi connectivity index (χ2n) is 1.28. The molecule has 2 N–H and O–H groups in total. The third-order valence-electron chi connectivity index (χ3n) is 0.523. The molecule has 0 heterocycles. The van der Waals surface area contributed by atoms with Gasteiger partial charge in [-0.2, -0.15) is 0 Å². The van der Waals surface area contributed by atoms with Gasteiger partial charge in [0.2, 0.25) is 10.0 Å². The number of hydrogen-bond acceptors (Lipinski definition) is 3. The molecule has 0 aromatic carbocycles. The second-order valence-corrected chi connectivity index (χ2v) is 3.32. The molecule has 4 nitrogen and oxygen atoms in total. The van der Waals surface area contributed by atoms with Crippen LogP contribution in [0.3, 0.4) is 0 Å². The van der Waals surface area contributed by atoms with E-state index in [9.17, 15) is 8.42 Å². The molecule has 44 valence electrons. The Kier molecular flexibility index (Phi) is 1.74. The van der Waals surface area contributed by atoms with Crippen molar-refractivity contribution in [1.82, 2.24) is 4.41 Å². The SMILES string of the molecule is CN(N)S(C)(=O)=O. The van der Waals surface area contributed by atoms with Gasteiger partial charge in [0.15, 0.2) is 0 Å². The van der Waals surface area contributed by atoms with Crippen molar-refractivity contribution in [3.05, 3.63) is 0 Å². The Hall–Kier alpha value is -0.130. The summed E-state index contributed by atoms with van der Waals surface area (Å²) >= 11 is 0. The average molecular weight is 124 g/mol. The van der Waals surface area contributed by atoms with Gasteiger partial charge in [-0.3, -0.25) is 5.84 Å². The summed E-state index contributed by atoms with van der Waals surface area (Å²) in [6.07, 6.45) is 1.03. The maximum atomic E-state index is 10.1. The fourth-order valence-electron chi connectivity index (χ4n) is 0. The zero-order valence-electron chi connectivity index (χ0n) is 4.25. The van der Waals surface area contributed by atoms with Crippen LogP contribution in [-0.2, 0) is 10.0 Å². The molecular formula is C2H8N2O2S. The van der Waals surface area contributed by atoms with Crippen LogP contribution in [0.25, 0.3) is 0 Å². The van der Waals surface area contributed by atoms with E-state index in [1.54, 1.807) is 0 Å². The highest BCUT2D eigenvalue weighted by Gasteiger charge is 2.01. The third-order valence-corrected chi connectivity index (χ3v) is 1.57. The molecule has 5 heteroatoms. The molecule has 0 unspecified atom stereocenters. The van der Waals surface area contributed by atoms with Crippen molar-refractivity contribution >= 4 is 10.0 Å². The molecule has 0 radical (unpaired) electrons. The van der Waals surface area contributed by atoms with E-state index in [1.807, 2.05) is 0 Å². The number of nitrogens with two attached hydrogens (primary N) is 1. The molecule has 0 amide bonds. The highest BCUT2D eigenvalue weighted by Crippen LogP contribution is 1.78. The molecule has 0 spiro atoms. The topological polar surface area (TPSA) is 63.4 Å². The van der Waals surface area contributed by atoms with Crippen LogP contribution in [-0.4, -0.2) is 26.1 Å². The highest BCUT2D eigenvalue weighted by atomic mass is 32.2. The lowest BCUT2D eigenvalue weighted by Crippen LogP contribution is -2.31. The summed E-state index contributed by atoms with van der Waals surface area (Å²) in [7, 11) is -1.86. The van der Waals surface area contributed by atoms with Gasteiger partial charge in [0.1, 0.15) is 0 Å². The minimum Gasteiger partial charge on any atom is -0.255 e. The average Bonchev–Trinajstić information content (AvgIpc) is 1.31. The Labute approximate surface area is 42.9 Å². The van der Waals surface area contributed by atoms with E-state index in [0.717, 1.165) is 6.26 Å². The van der Waals surface area contributed by atoms with E-state index in [-0.39, 0.29) is 0 Å². The third kappa shape index (κ3) is 2.55. The van der Waals surface area contributed by atoms with Gasteiger partial charge < -0.3 is 0 Å². The lowest BCUT2D eigenvalue weighted by atomic mass is 11.5. The first-order valence-electron chi connectivity index (χ1n) is 1.63. The fourth-order valence-corrected chi connectivity index (χ4v) is 0. The molecule has 0 atom stereocenters. The Morgan fingerprint density at radius 2 is 1.71 bits per heavy atom. The lowest BCUT2D eigenvalue weighted by Gasteiger charge is -2.02. The van der Waals surface area contributed by atoms with Crippen molar-refractivity contribution in [2.75, 3.05) is 13.3 Å². The molecule has 0 bridgehead atoms. The number of nitrogens with zero attached hydrogens (tertiary/aromatic N) is 1. The normalized spacial score (nSPS) is 12.6. The van der Waals surface area contributed by atoms with E-state index >= 15 is 0 Å². The predicted molar refractivity (Wildman–Crippen MR) is 26.8 cm³/mol. The molecular weight excluding hydrogens is 116 g/mol. The summed E-state index contributed by atoms with van der Waals surface area (Å²) in [5.41, 5.74) is 0. The zero-order chi connectivity index (χ0) is 6.08. The van der Waals surface area contributed by atoms with Gasteiger partial charge in [-0.05, 0) is 0 Å². The summed E-state index contributed by atoms with van der Waals surface area (Å²) in [6.45, 7) is 0. The zero-order valence-corrected chi connectivity index (χ0v) is 5.07. The van der Waals surface area contributed by atoms with Gasteiger partial charge in [0.05, 0.1) is 6.26 Å². The minimum atomic E-state index is -3.13. The maximum Gasteiger partial charge on any atom is 0.223 e. The van der Waals surface area contributed by atoms with Crippen molar-refractivity contribution < 1.29 is 8.42 Å². The van der Waals surface area contributed by atoms with Gasteiger partial charge in [-0.25, -0.2) is 8.42 Å². The molecule has 0 aliphatic heterocycles. The molecule has 0 fully saturated rings. The van der Waals surface area contributed by atoms with Crippen LogP contribution in [0.15, 0.2) is 0 Å². The Morgan fingerprint density at radius 3 is 1.71 bits per heavy atom. The smallest absolute Gasteiger partial charge is 0.223 e. The summed E-state index contributed by atoms with van der Waals surface area (Å²) in [4.78, 5) is 0. The maximum absolute atomic E-state index is 10.1. The molecule has 0 saturated carbocycles.